The van der Waals surface area contributed by atoms with E-state index in [9.17, 15) is 5.11 Å². The van der Waals surface area contributed by atoms with Crippen LogP contribution in [0.3, 0.4) is 0 Å². The van der Waals surface area contributed by atoms with E-state index in [-0.39, 0.29) is 6.10 Å². The molecule has 1 aliphatic heterocycles. The van der Waals surface area contributed by atoms with Crippen LogP contribution in [-0.2, 0) is 10.3 Å². The first-order chi connectivity index (χ1) is 8.69. The van der Waals surface area contributed by atoms with Gasteiger partial charge in [-0.1, -0.05) is 18.2 Å². The molecule has 3 nitrogen and oxygen atoms in total. The molecule has 0 bridgehead atoms. The first-order valence-electron chi connectivity index (χ1n) is 6.37. The van der Waals surface area contributed by atoms with Crippen molar-refractivity contribution in [2.45, 2.75) is 31.5 Å². The van der Waals surface area contributed by atoms with Crippen LogP contribution in [0.15, 0.2) is 36.5 Å². The summed E-state index contributed by atoms with van der Waals surface area (Å²) in [5.74, 6) is 0. The molecule has 1 aromatic carbocycles. The van der Waals surface area contributed by atoms with Crippen LogP contribution in [0.4, 0.5) is 0 Å². The Labute approximate surface area is 106 Å². The average molecular weight is 243 g/mol. The van der Waals surface area contributed by atoms with Crippen molar-refractivity contribution in [2.75, 3.05) is 6.61 Å². The van der Waals surface area contributed by atoms with Crippen LogP contribution in [0.2, 0.25) is 0 Å². The van der Waals surface area contributed by atoms with Crippen LogP contribution in [0.1, 0.15) is 25.3 Å². The SMILES string of the molecule is CC1CC(O)(c2cccc3ncccc23)CCO1. The molecular weight excluding hydrogens is 226 g/mol. The third-order valence-corrected chi connectivity index (χ3v) is 3.69. The average Bonchev–Trinajstić information content (AvgIpc) is 2.38. The van der Waals surface area contributed by atoms with E-state index in [4.69, 9.17) is 4.74 Å². The molecule has 1 aromatic heterocycles. The number of pyridine rings is 1. The monoisotopic (exact) mass is 243 g/mol. The van der Waals surface area contributed by atoms with Gasteiger partial charge in [0.05, 0.1) is 23.8 Å². The van der Waals surface area contributed by atoms with Crippen molar-refractivity contribution in [3.05, 3.63) is 42.1 Å². The molecule has 1 saturated heterocycles. The number of benzene rings is 1. The van der Waals surface area contributed by atoms with Crippen LogP contribution in [0, 0.1) is 0 Å². The number of ether oxygens (including phenoxy) is 1. The minimum Gasteiger partial charge on any atom is -0.385 e. The Morgan fingerprint density at radius 1 is 1.33 bits per heavy atom. The fourth-order valence-corrected chi connectivity index (χ4v) is 2.82. The quantitative estimate of drug-likeness (QED) is 0.837. The highest BCUT2D eigenvalue weighted by molar-refractivity contribution is 5.82. The van der Waals surface area contributed by atoms with Crippen LogP contribution >= 0.6 is 0 Å². The Bertz CT molecular complexity index is 564. The number of hydrogen-bond acceptors (Lipinski definition) is 3. The van der Waals surface area contributed by atoms with Gasteiger partial charge in [0.15, 0.2) is 0 Å². The smallest absolute Gasteiger partial charge is 0.0949 e. The number of hydrogen-bond donors (Lipinski definition) is 1. The maximum absolute atomic E-state index is 10.9. The summed E-state index contributed by atoms with van der Waals surface area (Å²) in [6.45, 7) is 2.61. The number of fused-ring (bicyclic) bond motifs is 1. The van der Waals surface area contributed by atoms with Gasteiger partial charge >= 0.3 is 0 Å². The first kappa shape index (κ1) is 11.6. The summed E-state index contributed by atoms with van der Waals surface area (Å²) in [5, 5.41) is 11.9. The molecule has 3 rings (SSSR count). The second kappa shape index (κ2) is 4.34. The van der Waals surface area contributed by atoms with Crippen molar-refractivity contribution < 1.29 is 9.84 Å². The molecule has 94 valence electrons. The van der Waals surface area contributed by atoms with Crippen LogP contribution in [-0.4, -0.2) is 22.8 Å². The van der Waals surface area contributed by atoms with E-state index in [0.717, 1.165) is 16.5 Å². The summed E-state index contributed by atoms with van der Waals surface area (Å²) in [4.78, 5) is 4.34. The molecule has 1 fully saturated rings. The van der Waals surface area contributed by atoms with Crippen molar-refractivity contribution in [1.29, 1.82) is 0 Å². The van der Waals surface area contributed by atoms with Crippen molar-refractivity contribution in [3.8, 4) is 0 Å². The highest BCUT2D eigenvalue weighted by Crippen LogP contribution is 2.37. The second-order valence-electron chi connectivity index (χ2n) is 5.04. The highest BCUT2D eigenvalue weighted by Gasteiger charge is 2.36. The lowest BCUT2D eigenvalue weighted by atomic mass is 9.82. The van der Waals surface area contributed by atoms with Gasteiger partial charge in [-0.15, -0.1) is 0 Å². The van der Waals surface area contributed by atoms with E-state index >= 15 is 0 Å². The molecule has 2 heterocycles. The van der Waals surface area contributed by atoms with Crippen molar-refractivity contribution in [1.82, 2.24) is 4.98 Å². The van der Waals surface area contributed by atoms with Crippen LogP contribution < -0.4 is 0 Å². The number of aliphatic hydroxyl groups is 1. The van der Waals surface area contributed by atoms with Gasteiger partial charge in [0.2, 0.25) is 0 Å². The fourth-order valence-electron chi connectivity index (χ4n) is 2.82. The maximum atomic E-state index is 10.9. The van der Waals surface area contributed by atoms with Gasteiger partial charge in [0.1, 0.15) is 0 Å². The fraction of sp³-hybridized carbons (Fsp3) is 0.400. The zero-order valence-electron chi connectivity index (χ0n) is 10.5. The van der Waals surface area contributed by atoms with E-state index in [1.54, 1.807) is 6.20 Å². The molecule has 0 spiro atoms. The Morgan fingerprint density at radius 3 is 3.06 bits per heavy atom. The highest BCUT2D eigenvalue weighted by atomic mass is 16.5. The Kier molecular flexibility index (Phi) is 2.80. The van der Waals surface area contributed by atoms with Gasteiger partial charge in [0.25, 0.3) is 0 Å². The van der Waals surface area contributed by atoms with Gasteiger partial charge in [-0.25, -0.2) is 0 Å². The molecule has 18 heavy (non-hydrogen) atoms. The number of rotatable bonds is 1. The summed E-state index contributed by atoms with van der Waals surface area (Å²) in [6, 6.07) is 9.88. The third-order valence-electron chi connectivity index (χ3n) is 3.69. The molecule has 2 atom stereocenters. The topological polar surface area (TPSA) is 42.4 Å². The Balaban J connectivity index is 2.13. The van der Waals surface area contributed by atoms with E-state index in [0.29, 0.717) is 19.4 Å². The van der Waals surface area contributed by atoms with E-state index in [1.807, 2.05) is 37.3 Å². The molecule has 0 radical (unpaired) electrons. The second-order valence-corrected chi connectivity index (χ2v) is 5.04. The lowest BCUT2D eigenvalue weighted by molar-refractivity contribution is -0.101. The summed E-state index contributed by atoms with van der Waals surface area (Å²) < 4.78 is 5.53. The van der Waals surface area contributed by atoms with Gasteiger partial charge in [0, 0.05) is 24.4 Å². The van der Waals surface area contributed by atoms with Gasteiger partial charge < -0.3 is 9.84 Å². The zero-order chi connectivity index (χ0) is 12.6. The van der Waals surface area contributed by atoms with Gasteiger partial charge in [-0.2, -0.15) is 0 Å². The molecule has 1 aliphatic rings. The van der Waals surface area contributed by atoms with E-state index in [1.165, 1.54) is 0 Å². The number of nitrogens with zero attached hydrogens (tertiary/aromatic N) is 1. The largest absolute Gasteiger partial charge is 0.385 e. The lowest BCUT2D eigenvalue weighted by Gasteiger charge is -2.36. The lowest BCUT2D eigenvalue weighted by Crippen LogP contribution is -2.37. The molecular formula is C15H17NO2. The van der Waals surface area contributed by atoms with Gasteiger partial charge in [-0.3, -0.25) is 4.98 Å². The predicted octanol–water partition coefficient (Wildman–Crippen LogP) is 2.62. The molecule has 2 unspecified atom stereocenters. The zero-order valence-corrected chi connectivity index (χ0v) is 10.5. The maximum Gasteiger partial charge on any atom is 0.0949 e. The summed E-state index contributed by atoms with van der Waals surface area (Å²) >= 11 is 0. The Morgan fingerprint density at radius 2 is 2.22 bits per heavy atom. The van der Waals surface area contributed by atoms with Crippen molar-refractivity contribution in [2.24, 2.45) is 0 Å². The molecule has 0 saturated carbocycles. The van der Waals surface area contributed by atoms with E-state index < -0.39 is 5.60 Å². The summed E-state index contributed by atoms with van der Waals surface area (Å²) in [5.41, 5.74) is 1.12. The minimum absolute atomic E-state index is 0.0932. The molecule has 0 amide bonds. The molecule has 1 N–H and O–H groups in total. The van der Waals surface area contributed by atoms with Gasteiger partial charge in [-0.05, 0) is 24.6 Å². The number of aromatic nitrogens is 1. The third kappa shape index (κ3) is 1.89. The first-order valence-corrected chi connectivity index (χ1v) is 6.37. The normalized spacial score (nSPS) is 28.4. The van der Waals surface area contributed by atoms with Crippen LogP contribution in [0.5, 0.6) is 0 Å². The molecule has 0 aliphatic carbocycles. The Hall–Kier alpha value is -1.45. The van der Waals surface area contributed by atoms with Crippen molar-refractivity contribution >= 4 is 10.9 Å². The summed E-state index contributed by atoms with van der Waals surface area (Å²) in [6.07, 6.45) is 3.16. The summed E-state index contributed by atoms with van der Waals surface area (Å²) in [7, 11) is 0. The minimum atomic E-state index is -0.791. The predicted molar refractivity (Wildman–Crippen MR) is 70.3 cm³/mol. The molecule has 2 aromatic rings. The van der Waals surface area contributed by atoms with E-state index in [2.05, 4.69) is 4.98 Å². The van der Waals surface area contributed by atoms with Crippen molar-refractivity contribution in [3.63, 3.8) is 0 Å². The van der Waals surface area contributed by atoms with Crippen LogP contribution in [0.25, 0.3) is 10.9 Å². The molecule has 3 heteroatoms. The standard InChI is InChI=1S/C15H17NO2/c1-11-10-15(17,7-9-18-11)13-5-2-6-14-12(13)4-3-8-16-14/h2-6,8,11,17H,7,9-10H2,1H3.